The Morgan fingerprint density at radius 2 is 1.89 bits per heavy atom. The SMILES string of the molecule is CC(=O)Nc1cc(C2CCN(C(=O)c3ccc(C(F)(F)F)c(C)c3)CC2)no1. The molecule has 3 rings (SSSR count). The Balaban J connectivity index is 1.63. The van der Waals surface area contributed by atoms with Crippen LogP contribution in [0.3, 0.4) is 0 Å². The molecule has 0 aliphatic carbocycles. The van der Waals surface area contributed by atoms with Crippen molar-refractivity contribution in [3.05, 3.63) is 46.6 Å². The lowest BCUT2D eigenvalue weighted by Crippen LogP contribution is -2.38. The summed E-state index contributed by atoms with van der Waals surface area (Å²) in [4.78, 5) is 25.3. The second-order valence-electron chi connectivity index (χ2n) is 6.89. The first-order valence-electron chi connectivity index (χ1n) is 8.86. The van der Waals surface area contributed by atoms with E-state index in [4.69, 9.17) is 4.52 Å². The fraction of sp³-hybridized carbons (Fsp3) is 0.421. The molecule has 0 bridgehead atoms. The zero-order valence-corrected chi connectivity index (χ0v) is 15.5. The van der Waals surface area contributed by atoms with E-state index in [1.807, 2.05) is 0 Å². The van der Waals surface area contributed by atoms with Crippen molar-refractivity contribution >= 4 is 17.7 Å². The van der Waals surface area contributed by atoms with Gasteiger partial charge in [-0.1, -0.05) is 5.16 Å². The van der Waals surface area contributed by atoms with Crippen molar-refractivity contribution in [1.82, 2.24) is 10.1 Å². The van der Waals surface area contributed by atoms with Gasteiger partial charge < -0.3 is 9.42 Å². The van der Waals surface area contributed by atoms with Crippen molar-refractivity contribution in [1.29, 1.82) is 0 Å². The number of nitrogens with one attached hydrogen (secondary N) is 1. The summed E-state index contributed by atoms with van der Waals surface area (Å²) < 4.78 is 43.7. The summed E-state index contributed by atoms with van der Waals surface area (Å²) in [5.74, 6) is -0.171. The van der Waals surface area contributed by atoms with Crippen LogP contribution in [0, 0.1) is 6.92 Å². The van der Waals surface area contributed by atoms with Crippen LogP contribution in [0.4, 0.5) is 19.1 Å². The minimum atomic E-state index is -4.43. The maximum absolute atomic E-state index is 12.9. The van der Waals surface area contributed by atoms with Gasteiger partial charge in [0, 0.05) is 37.6 Å². The normalized spacial score (nSPS) is 15.5. The predicted octanol–water partition coefficient (Wildman–Crippen LogP) is 3.98. The average molecular weight is 395 g/mol. The van der Waals surface area contributed by atoms with Crippen LogP contribution < -0.4 is 5.32 Å². The number of aryl methyl sites for hydroxylation is 1. The highest BCUT2D eigenvalue weighted by Crippen LogP contribution is 2.33. The molecule has 0 unspecified atom stereocenters. The van der Waals surface area contributed by atoms with Crippen molar-refractivity contribution in [2.75, 3.05) is 18.4 Å². The van der Waals surface area contributed by atoms with Crippen LogP contribution in [0.15, 0.2) is 28.8 Å². The summed E-state index contributed by atoms with van der Waals surface area (Å²) in [6.45, 7) is 3.65. The number of hydrogen-bond acceptors (Lipinski definition) is 4. The number of likely N-dealkylation sites (tertiary alicyclic amines) is 1. The largest absolute Gasteiger partial charge is 0.416 e. The van der Waals surface area contributed by atoms with Gasteiger partial charge in [-0.2, -0.15) is 13.2 Å². The molecule has 2 aromatic rings. The van der Waals surface area contributed by atoms with Gasteiger partial charge in [-0.25, -0.2) is 0 Å². The first-order valence-corrected chi connectivity index (χ1v) is 8.86. The summed E-state index contributed by atoms with van der Waals surface area (Å²) in [5, 5.41) is 6.49. The Bertz CT molecular complexity index is 884. The molecule has 1 N–H and O–H groups in total. The molecule has 2 heterocycles. The molecule has 0 saturated carbocycles. The van der Waals surface area contributed by atoms with Gasteiger partial charge in [0.05, 0.1) is 11.3 Å². The van der Waals surface area contributed by atoms with Crippen LogP contribution in [0.5, 0.6) is 0 Å². The lowest BCUT2D eigenvalue weighted by molar-refractivity contribution is -0.138. The van der Waals surface area contributed by atoms with Crippen LogP contribution in [-0.4, -0.2) is 35.0 Å². The molecule has 9 heteroatoms. The molecular weight excluding hydrogens is 375 g/mol. The van der Waals surface area contributed by atoms with Gasteiger partial charge in [-0.15, -0.1) is 0 Å². The molecule has 1 aromatic heterocycles. The van der Waals surface area contributed by atoms with Gasteiger partial charge in [0.2, 0.25) is 11.8 Å². The van der Waals surface area contributed by atoms with Gasteiger partial charge >= 0.3 is 6.18 Å². The van der Waals surface area contributed by atoms with Crippen molar-refractivity contribution in [2.45, 2.75) is 38.8 Å². The van der Waals surface area contributed by atoms with Gasteiger partial charge in [0.15, 0.2) is 0 Å². The second-order valence-corrected chi connectivity index (χ2v) is 6.89. The zero-order valence-electron chi connectivity index (χ0n) is 15.5. The molecule has 1 saturated heterocycles. The van der Waals surface area contributed by atoms with Crippen molar-refractivity contribution in [2.24, 2.45) is 0 Å². The number of benzene rings is 1. The zero-order chi connectivity index (χ0) is 20.5. The second kappa shape index (κ2) is 7.65. The van der Waals surface area contributed by atoms with E-state index in [-0.39, 0.29) is 34.7 Å². The number of anilines is 1. The van der Waals surface area contributed by atoms with Gasteiger partial charge in [0.1, 0.15) is 0 Å². The summed E-state index contributed by atoms with van der Waals surface area (Å²) in [7, 11) is 0. The number of carbonyl (C=O) groups is 2. The van der Waals surface area contributed by atoms with Crippen LogP contribution >= 0.6 is 0 Å². The number of aromatic nitrogens is 1. The lowest BCUT2D eigenvalue weighted by atomic mass is 9.93. The summed E-state index contributed by atoms with van der Waals surface area (Å²) in [6.07, 6.45) is -3.13. The quantitative estimate of drug-likeness (QED) is 0.853. The van der Waals surface area contributed by atoms with Gasteiger partial charge in [0.25, 0.3) is 5.91 Å². The van der Waals surface area contributed by atoms with E-state index >= 15 is 0 Å². The molecule has 1 aliphatic heterocycles. The molecule has 1 fully saturated rings. The molecule has 0 atom stereocenters. The smallest absolute Gasteiger partial charge is 0.339 e. The summed E-state index contributed by atoms with van der Waals surface area (Å²) in [5.41, 5.74) is 0.254. The molecule has 1 aromatic carbocycles. The monoisotopic (exact) mass is 395 g/mol. The standard InChI is InChI=1S/C19H20F3N3O3/c1-11-9-14(3-4-15(11)19(20,21)22)18(27)25-7-5-13(6-8-25)16-10-17(28-24-16)23-12(2)26/h3-4,9-10,13H,5-8H2,1-2H3,(H,23,26). The van der Waals surface area contributed by atoms with E-state index in [2.05, 4.69) is 10.5 Å². The fourth-order valence-corrected chi connectivity index (χ4v) is 3.39. The molecule has 28 heavy (non-hydrogen) atoms. The molecular formula is C19H20F3N3O3. The van der Waals surface area contributed by atoms with Crippen LogP contribution in [0.1, 0.15) is 52.9 Å². The van der Waals surface area contributed by atoms with E-state index in [1.165, 1.54) is 26.0 Å². The number of amides is 2. The Labute approximate surface area is 159 Å². The van der Waals surface area contributed by atoms with Gasteiger partial charge in [-0.3, -0.25) is 14.9 Å². The third kappa shape index (κ3) is 4.35. The van der Waals surface area contributed by atoms with E-state index in [9.17, 15) is 22.8 Å². The third-order valence-electron chi connectivity index (χ3n) is 4.81. The number of nitrogens with zero attached hydrogens (tertiary/aromatic N) is 2. The molecule has 0 spiro atoms. The number of halogens is 3. The average Bonchev–Trinajstić information content (AvgIpc) is 3.07. The number of rotatable bonds is 3. The maximum Gasteiger partial charge on any atom is 0.416 e. The topological polar surface area (TPSA) is 75.4 Å². The van der Waals surface area contributed by atoms with Crippen molar-refractivity contribution in [3.63, 3.8) is 0 Å². The molecule has 150 valence electrons. The number of alkyl halides is 3. The predicted molar refractivity (Wildman–Crippen MR) is 94.9 cm³/mol. The van der Waals surface area contributed by atoms with Crippen LogP contribution in [0.25, 0.3) is 0 Å². The van der Waals surface area contributed by atoms with Crippen molar-refractivity contribution < 1.29 is 27.3 Å². The molecule has 0 radical (unpaired) electrons. The molecule has 1 aliphatic rings. The number of carbonyl (C=O) groups excluding carboxylic acids is 2. The van der Waals surface area contributed by atoms with E-state index in [0.717, 1.165) is 6.07 Å². The highest BCUT2D eigenvalue weighted by atomic mass is 19.4. The Kier molecular flexibility index (Phi) is 5.44. The molecule has 2 amide bonds. The summed E-state index contributed by atoms with van der Waals surface area (Å²) >= 11 is 0. The van der Waals surface area contributed by atoms with E-state index in [1.54, 1.807) is 11.0 Å². The third-order valence-corrected chi connectivity index (χ3v) is 4.81. The van der Waals surface area contributed by atoms with Crippen LogP contribution in [-0.2, 0) is 11.0 Å². The lowest BCUT2D eigenvalue weighted by Gasteiger charge is -2.31. The van der Waals surface area contributed by atoms with E-state index < -0.39 is 11.7 Å². The highest BCUT2D eigenvalue weighted by molar-refractivity contribution is 5.94. The first kappa shape index (κ1) is 19.9. The Morgan fingerprint density at radius 1 is 1.21 bits per heavy atom. The minimum absolute atomic E-state index is 0.0290. The maximum atomic E-state index is 12.9. The number of piperidine rings is 1. The fourth-order valence-electron chi connectivity index (χ4n) is 3.39. The van der Waals surface area contributed by atoms with Crippen LogP contribution in [0.2, 0.25) is 0 Å². The number of hydrogen-bond donors (Lipinski definition) is 1. The Hall–Kier alpha value is -2.84. The van der Waals surface area contributed by atoms with Gasteiger partial charge in [-0.05, 0) is 43.5 Å². The summed E-state index contributed by atoms with van der Waals surface area (Å²) in [6, 6.07) is 5.13. The van der Waals surface area contributed by atoms with Crippen molar-refractivity contribution in [3.8, 4) is 0 Å². The Morgan fingerprint density at radius 3 is 2.46 bits per heavy atom. The van der Waals surface area contributed by atoms with E-state index in [0.29, 0.717) is 31.6 Å². The first-order chi connectivity index (χ1) is 13.1. The molecule has 6 nitrogen and oxygen atoms in total. The highest BCUT2D eigenvalue weighted by Gasteiger charge is 2.33. The minimum Gasteiger partial charge on any atom is -0.339 e.